The molecule has 1 aromatic rings. The van der Waals surface area contributed by atoms with Gasteiger partial charge in [-0.1, -0.05) is 30.5 Å². The zero-order valence-electron chi connectivity index (χ0n) is 10.8. The first kappa shape index (κ1) is 12.9. The SMILES string of the molecule is Cc1cc(Cl)ccc1CN[C@@H](C)C1CCCC1. The van der Waals surface area contributed by atoms with Crippen molar-refractivity contribution in [1.82, 2.24) is 5.32 Å². The molecule has 2 heteroatoms. The summed E-state index contributed by atoms with van der Waals surface area (Å²) in [6, 6.07) is 6.78. The summed E-state index contributed by atoms with van der Waals surface area (Å²) in [6.07, 6.45) is 5.62. The van der Waals surface area contributed by atoms with E-state index < -0.39 is 0 Å². The van der Waals surface area contributed by atoms with E-state index in [0.29, 0.717) is 6.04 Å². The van der Waals surface area contributed by atoms with Crippen molar-refractivity contribution in [2.45, 2.75) is 52.1 Å². The van der Waals surface area contributed by atoms with Crippen molar-refractivity contribution in [2.75, 3.05) is 0 Å². The van der Waals surface area contributed by atoms with Crippen molar-refractivity contribution >= 4 is 11.6 Å². The standard InChI is InChI=1S/C15H22ClN/c1-11-9-15(16)8-7-14(11)10-17-12(2)13-5-3-4-6-13/h7-9,12-13,17H,3-6,10H2,1-2H3/t12-/m0/s1. The van der Waals surface area contributed by atoms with Crippen LogP contribution in [0.15, 0.2) is 18.2 Å². The molecule has 0 aromatic heterocycles. The lowest BCUT2D eigenvalue weighted by atomic mass is 9.99. The minimum atomic E-state index is 0.632. The summed E-state index contributed by atoms with van der Waals surface area (Å²) in [5.74, 6) is 0.877. The zero-order chi connectivity index (χ0) is 12.3. The Balaban J connectivity index is 1.88. The van der Waals surface area contributed by atoms with E-state index in [1.165, 1.54) is 36.8 Å². The number of hydrogen-bond donors (Lipinski definition) is 1. The number of hydrogen-bond acceptors (Lipinski definition) is 1. The first-order valence-electron chi connectivity index (χ1n) is 6.65. The van der Waals surface area contributed by atoms with Gasteiger partial charge < -0.3 is 5.32 Å². The lowest BCUT2D eigenvalue weighted by molar-refractivity contribution is 0.380. The first-order valence-corrected chi connectivity index (χ1v) is 7.03. The Hall–Kier alpha value is -0.530. The fraction of sp³-hybridized carbons (Fsp3) is 0.600. The van der Waals surface area contributed by atoms with E-state index in [-0.39, 0.29) is 0 Å². The molecule has 1 aromatic carbocycles. The van der Waals surface area contributed by atoms with Crippen molar-refractivity contribution in [2.24, 2.45) is 5.92 Å². The van der Waals surface area contributed by atoms with Crippen LogP contribution in [0.3, 0.4) is 0 Å². The Labute approximate surface area is 110 Å². The average molecular weight is 252 g/mol. The Morgan fingerprint density at radius 2 is 2.06 bits per heavy atom. The number of nitrogens with one attached hydrogen (secondary N) is 1. The van der Waals surface area contributed by atoms with Crippen molar-refractivity contribution < 1.29 is 0 Å². The number of benzene rings is 1. The molecule has 1 aliphatic rings. The summed E-state index contributed by atoms with van der Waals surface area (Å²) in [5.41, 5.74) is 2.64. The minimum absolute atomic E-state index is 0.632. The molecule has 1 nitrogen and oxygen atoms in total. The highest BCUT2D eigenvalue weighted by molar-refractivity contribution is 6.30. The average Bonchev–Trinajstić information content (AvgIpc) is 2.81. The van der Waals surface area contributed by atoms with Gasteiger partial charge in [0.2, 0.25) is 0 Å². The lowest BCUT2D eigenvalue weighted by Crippen LogP contribution is -2.31. The summed E-state index contributed by atoms with van der Waals surface area (Å²) in [5, 5.41) is 4.49. The maximum absolute atomic E-state index is 5.96. The number of aryl methyl sites for hydroxylation is 1. The smallest absolute Gasteiger partial charge is 0.0408 e. The van der Waals surface area contributed by atoms with Crippen LogP contribution in [0.5, 0.6) is 0 Å². The summed E-state index contributed by atoms with van der Waals surface area (Å²) in [6.45, 7) is 5.41. The quantitative estimate of drug-likeness (QED) is 0.841. The largest absolute Gasteiger partial charge is 0.310 e. The van der Waals surface area contributed by atoms with Crippen LogP contribution in [0.4, 0.5) is 0 Å². The van der Waals surface area contributed by atoms with Crippen LogP contribution in [-0.4, -0.2) is 6.04 Å². The summed E-state index contributed by atoms with van der Waals surface area (Å²) in [4.78, 5) is 0. The van der Waals surface area contributed by atoms with Gasteiger partial charge in [-0.3, -0.25) is 0 Å². The monoisotopic (exact) mass is 251 g/mol. The van der Waals surface area contributed by atoms with E-state index in [2.05, 4.69) is 25.2 Å². The third-order valence-electron chi connectivity index (χ3n) is 4.03. The van der Waals surface area contributed by atoms with Gasteiger partial charge in [0.05, 0.1) is 0 Å². The predicted octanol–water partition coefficient (Wildman–Crippen LogP) is 4.32. The van der Waals surface area contributed by atoms with Crippen LogP contribution in [0.25, 0.3) is 0 Å². The Morgan fingerprint density at radius 1 is 1.35 bits per heavy atom. The molecule has 17 heavy (non-hydrogen) atoms. The van der Waals surface area contributed by atoms with Gasteiger partial charge in [0.1, 0.15) is 0 Å². The fourth-order valence-electron chi connectivity index (χ4n) is 2.75. The molecular formula is C15H22ClN. The Bertz CT molecular complexity index is 369. The van der Waals surface area contributed by atoms with Crippen LogP contribution in [0.2, 0.25) is 5.02 Å². The van der Waals surface area contributed by atoms with Gasteiger partial charge in [-0.15, -0.1) is 0 Å². The first-order chi connectivity index (χ1) is 8.16. The van der Waals surface area contributed by atoms with Gasteiger partial charge in [-0.05, 0) is 55.9 Å². The van der Waals surface area contributed by atoms with Crippen LogP contribution >= 0.6 is 11.6 Å². The van der Waals surface area contributed by atoms with Gasteiger partial charge >= 0.3 is 0 Å². The number of rotatable bonds is 4. The highest BCUT2D eigenvalue weighted by Gasteiger charge is 2.20. The van der Waals surface area contributed by atoms with Gasteiger partial charge in [-0.25, -0.2) is 0 Å². The molecule has 1 saturated carbocycles. The Kier molecular flexibility index (Phi) is 4.47. The van der Waals surface area contributed by atoms with Crippen molar-refractivity contribution in [3.63, 3.8) is 0 Å². The van der Waals surface area contributed by atoms with Crippen LogP contribution < -0.4 is 5.32 Å². The molecule has 0 bridgehead atoms. The molecule has 0 aliphatic heterocycles. The summed E-state index contributed by atoms with van der Waals surface area (Å²) in [7, 11) is 0. The molecule has 0 amide bonds. The van der Waals surface area contributed by atoms with E-state index in [1.807, 2.05) is 12.1 Å². The summed E-state index contributed by atoms with van der Waals surface area (Å²) < 4.78 is 0. The molecule has 0 radical (unpaired) electrons. The maximum Gasteiger partial charge on any atom is 0.0408 e. The predicted molar refractivity (Wildman–Crippen MR) is 74.4 cm³/mol. The lowest BCUT2D eigenvalue weighted by Gasteiger charge is -2.21. The molecule has 0 unspecified atom stereocenters. The third kappa shape index (κ3) is 3.46. The molecular weight excluding hydrogens is 230 g/mol. The fourth-order valence-corrected chi connectivity index (χ4v) is 2.98. The molecule has 1 fully saturated rings. The molecule has 94 valence electrons. The molecule has 1 aliphatic carbocycles. The van der Waals surface area contributed by atoms with Crippen LogP contribution in [0, 0.1) is 12.8 Å². The molecule has 0 saturated heterocycles. The normalized spacial score (nSPS) is 18.5. The van der Waals surface area contributed by atoms with Crippen molar-refractivity contribution in [1.29, 1.82) is 0 Å². The van der Waals surface area contributed by atoms with Gasteiger partial charge in [0.15, 0.2) is 0 Å². The van der Waals surface area contributed by atoms with Crippen molar-refractivity contribution in [3.05, 3.63) is 34.3 Å². The van der Waals surface area contributed by atoms with E-state index >= 15 is 0 Å². The van der Waals surface area contributed by atoms with E-state index in [9.17, 15) is 0 Å². The second-order valence-electron chi connectivity index (χ2n) is 5.28. The zero-order valence-corrected chi connectivity index (χ0v) is 11.6. The molecule has 1 atom stereocenters. The highest BCUT2D eigenvalue weighted by atomic mass is 35.5. The molecule has 2 rings (SSSR count). The maximum atomic E-state index is 5.96. The van der Waals surface area contributed by atoms with Crippen LogP contribution in [-0.2, 0) is 6.54 Å². The Morgan fingerprint density at radius 3 is 2.71 bits per heavy atom. The summed E-state index contributed by atoms with van der Waals surface area (Å²) >= 11 is 5.96. The van der Waals surface area contributed by atoms with Gasteiger partial charge in [0.25, 0.3) is 0 Å². The van der Waals surface area contributed by atoms with Crippen LogP contribution in [0.1, 0.15) is 43.7 Å². The molecule has 0 spiro atoms. The van der Waals surface area contributed by atoms with E-state index in [1.54, 1.807) is 0 Å². The van der Waals surface area contributed by atoms with Crippen molar-refractivity contribution in [3.8, 4) is 0 Å². The van der Waals surface area contributed by atoms with Gasteiger partial charge in [-0.2, -0.15) is 0 Å². The van der Waals surface area contributed by atoms with Gasteiger partial charge in [0, 0.05) is 17.6 Å². The molecule has 1 N–H and O–H groups in total. The topological polar surface area (TPSA) is 12.0 Å². The third-order valence-corrected chi connectivity index (χ3v) is 4.26. The second-order valence-corrected chi connectivity index (χ2v) is 5.72. The van der Waals surface area contributed by atoms with E-state index in [4.69, 9.17) is 11.6 Å². The minimum Gasteiger partial charge on any atom is -0.310 e. The second kappa shape index (κ2) is 5.88. The number of halogens is 1. The highest BCUT2D eigenvalue weighted by Crippen LogP contribution is 2.27. The molecule has 0 heterocycles. The van der Waals surface area contributed by atoms with E-state index in [0.717, 1.165) is 17.5 Å².